The molecule has 0 saturated heterocycles. The van der Waals surface area contributed by atoms with Crippen LogP contribution >= 0.6 is 0 Å². The number of furan rings is 1. The highest BCUT2D eigenvalue weighted by Crippen LogP contribution is 2.17. The monoisotopic (exact) mass is 195 g/mol. The standard InChI is InChI=1S/C11H17NO2/c1-8(9-6-5-7-14-9)12-10(13)11(2,3)4/h5-8H,1-4H3,(H,12,13)/t8-/m1/s1. The van der Waals surface area contributed by atoms with Crippen LogP contribution in [0.25, 0.3) is 0 Å². The molecule has 0 saturated carbocycles. The van der Waals surface area contributed by atoms with Crippen molar-refractivity contribution in [1.82, 2.24) is 5.32 Å². The first-order valence-electron chi connectivity index (χ1n) is 4.75. The summed E-state index contributed by atoms with van der Waals surface area (Å²) in [6.07, 6.45) is 1.61. The molecule has 0 aliphatic heterocycles. The van der Waals surface area contributed by atoms with E-state index in [4.69, 9.17) is 4.42 Å². The number of nitrogens with one attached hydrogen (secondary N) is 1. The van der Waals surface area contributed by atoms with E-state index in [1.165, 1.54) is 0 Å². The molecule has 0 unspecified atom stereocenters. The van der Waals surface area contributed by atoms with Crippen molar-refractivity contribution >= 4 is 5.91 Å². The molecular formula is C11H17NO2. The lowest BCUT2D eigenvalue weighted by atomic mass is 9.95. The molecule has 0 bridgehead atoms. The largest absolute Gasteiger partial charge is 0.467 e. The topological polar surface area (TPSA) is 42.2 Å². The summed E-state index contributed by atoms with van der Waals surface area (Å²) in [4.78, 5) is 11.6. The van der Waals surface area contributed by atoms with Crippen molar-refractivity contribution in [2.75, 3.05) is 0 Å². The van der Waals surface area contributed by atoms with Crippen LogP contribution in [0.5, 0.6) is 0 Å². The van der Waals surface area contributed by atoms with Gasteiger partial charge in [0.2, 0.25) is 5.91 Å². The minimum atomic E-state index is -0.360. The fourth-order valence-corrected chi connectivity index (χ4v) is 1.02. The Morgan fingerprint density at radius 2 is 2.14 bits per heavy atom. The molecule has 14 heavy (non-hydrogen) atoms. The second kappa shape index (κ2) is 3.86. The van der Waals surface area contributed by atoms with Gasteiger partial charge in [0.1, 0.15) is 5.76 Å². The van der Waals surface area contributed by atoms with Crippen LogP contribution in [0, 0.1) is 5.41 Å². The lowest BCUT2D eigenvalue weighted by molar-refractivity contribution is -0.129. The summed E-state index contributed by atoms with van der Waals surface area (Å²) in [6.45, 7) is 7.56. The van der Waals surface area contributed by atoms with E-state index >= 15 is 0 Å². The summed E-state index contributed by atoms with van der Waals surface area (Å²) in [5, 5.41) is 2.89. The van der Waals surface area contributed by atoms with Crippen molar-refractivity contribution in [2.24, 2.45) is 5.41 Å². The Morgan fingerprint density at radius 1 is 1.50 bits per heavy atom. The van der Waals surface area contributed by atoms with E-state index in [2.05, 4.69) is 5.32 Å². The normalized spacial score (nSPS) is 13.7. The highest BCUT2D eigenvalue weighted by atomic mass is 16.3. The zero-order chi connectivity index (χ0) is 10.8. The highest BCUT2D eigenvalue weighted by molar-refractivity contribution is 5.81. The van der Waals surface area contributed by atoms with E-state index in [-0.39, 0.29) is 17.4 Å². The molecule has 0 spiro atoms. The first-order valence-corrected chi connectivity index (χ1v) is 4.75. The molecule has 1 aromatic heterocycles. The van der Waals surface area contributed by atoms with Crippen LogP contribution in [-0.4, -0.2) is 5.91 Å². The van der Waals surface area contributed by atoms with E-state index in [1.807, 2.05) is 39.8 Å². The van der Waals surface area contributed by atoms with Crippen molar-refractivity contribution < 1.29 is 9.21 Å². The van der Waals surface area contributed by atoms with Gasteiger partial charge in [-0.3, -0.25) is 4.79 Å². The molecule has 1 heterocycles. The molecule has 3 heteroatoms. The highest BCUT2D eigenvalue weighted by Gasteiger charge is 2.23. The van der Waals surface area contributed by atoms with Crippen molar-refractivity contribution in [1.29, 1.82) is 0 Å². The molecule has 0 aliphatic rings. The number of amides is 1. The maximum Gasteiger partial charge on any atom is 0.225 e. The van der Waals surface area contributed by atoms with Crippen LogP contribution in [0.4, 0.5) is 0 Å². The van der Waals surface area contributed by atoms with Gasteiger partial charge in [-0.1, -0.05) is 20.8 Å². The first kappa shape index (κ1) is 10.8. The number of carbonyl (C=O) groups excluding carboxylic acids is 1. The van der Waals surface area contributed by atoms with Gasteiger partial charge >= 0.3 is 0 Å². The minimum absolute atomic E-state index is 0.0291. The van der Waals surface area contributed by atoms with Gasteiger partial charge in [-0.05, 0) is 19.1 Å². The Kier molecular flexibility index (Phi) is 2.99. The third-order valence-corrected chi connectivity index (χ3v) is 2.00. The molecule has 1 rings (SSSR count). The van der Waals surface area contributed by atoms with Crippen LogP contribution in [0.15, 0.2) is 22.8 Å². The van der Waals surface area contributed by atoms with Crippen LogP contribution in [0.1, 0.15) is 39.5 Å². The van der Waals surface area contributed by atoms with Gasteiger partial charge in [0, 0.05) is 5.41 Å². The van der Waals surface area contributed by atoms with Gasteiger partial charge in [-0.15, -0.1) is 0 Å². The Labute approximate surface area is 84.5 Å². The molecule has 0 radical (unpaired) electrons. The van der Waals surface area contributed by atoms with E-state index in [1.54, 1.807) is 6.26 Å². The van der Waals surface area contributed by atoms with Gasteiger partial charge in [-0.2, -0.15) is 0 Å². The quantitative estimate of drug-likeness (QED) is 0.787. The Balaban J connectivity index is 2.58. The van der Waals surface area contributed by atoms with E-state index in [0.717, 1.165) is 5.76 Å². The average molecular weight is 195 g/mol. The maximum atomic E-state index is 11.6. The van der Waals surface area contributed by atoms with Gasteiger partial charge in [0.15, 0.2) is 0 Å². The molecule has 3 nitrogen and oxygen atoms in total. The zero-order valence-corrected chi connectivity index (χ0v) is 9.13. The predicted octanol–water partition coefficient (Wildman–Crippen LogP) is 2.50. The molecule has 0 aliphatic carbocycles. The predicted molar refractivity (Wildman–Crippen MR) is 54.7 cm³/mol. The van der Waals surface area contributed by atoms with E-state index in [9.17, 15) is 4.79 Å². The van der Waals surface area contributed by atoms with Crippen LogP contribution < -0.4 is 5.32 Å². The lowest BCUT2D eigenvalue weighted by Crippen LogP contribution is -2.36. The SMILES string of the molecule is C[C@@H](NC(=O)C(C)(C)C)c1ccco1. The summed E-state index contributed by atoms with van der Waals surface area (Å²) in [7, 11) is 0. The molecule has 78 valence electrons. The summed E-state index contributed by atoms with van der Waals surface area (Å²) >= 11 is 0. The van der Waals surface area contributed by atoms with Gasteiger partial charge in [0.25, 0.3) is 0 Å². The van der Waals surface area contributed by atoms with Gasteiger partial charge in [-0.25, -0.2) is 0 Å². The second-order valence-electron chi connectivity index (χ2n) is 4.46. The number of carbonyl (C=O) groups is 1. The molecule has 0 fully saturated rings. The maximum absolute atomic E-state index is 11.6. The first-order chi connectivity index (χ1) is 6.41. The lowest BCUT2D eigenvalue weighted by Gasteiger charge is -2.20. The summed E-state index contributed by atoms with van der Waals surface area (Å²) in [6, 6.07) is 3.60. The number of hydrogen-bond acceptors (Lipinski definition) is 2. The second-order valence-corrected chi connectivity index (χ2v) is 4.46. The van der Waals surface area contributed by atoms with Gasteiger partial charge in [0.05, 0.1) is 12.3 Å². The van der Waals surface area contributed by atoms with Crippen molar-refractivity contribution in [2.45, 2.75) is 33.7 Å². The molecular weight excluding hydrogens is 178 g/mol. The average Bonchev–Trinajstić information content (AvgIpc) is 2.53. The molecule has 1 atom stereocenters. The fraction of sp³-hybridized carbons (Fsp3) is 0.545. The van der Waals surface area contributed by atoms with E-state index in [0.29, 0.717) is 0 Å². The number of hydrogen-bond donors (Lipinski definition) is 1. The smallest absolute Gasteiger partial charge is 0.225 e. The fourth-order valence-electron chi connectivity index (χ4n) is 1.02. The summed E-state index contributed by atoms with van der Waals surface area (Å²) in [5.74, 6) is 0.809. The third kappa shape index (κ3) is 2.62. The molecule has 0 aromatic carbocycles. The minimum Gasteiger partial charge on any atom is -0.467 e. The Hall–Kier alpha value is -1.25. The van der Waals surface area contributed by atoms with E-state index < -0.39 is 0 Å². The van der Waals surface area contributed by atoms with Crippen molar-refractivity contribution in [3.8, 4) is 0 Å². The van der Waals surface area contributed by atoms with Crippen LogP contribution in [-0.2, 0) is 4.79 Å². The zero-order valence-electron chi connectivity index (χ0n) is 9.13. The van der Waals surface area contributed by atoms with Crippen LogP contribution in [0.2, 0.25) is 0 Å². The van der Waals surface area contributed by atoms with Gasteiger partial charge < -0.3 is 9.73 Å². The van der Waals surface area contributed by atoms with Crippen LogP contribution in [0.3, 0.4) is 0 Å². The van der Waals surface area contributed by atoms with Crippen molar-refractivity contribution in [3.63, 3.8) is 0 Å². The third-order valence-electron chi connectivity index (χ3n) is 2.00. The molecule has 1 aromatic rings. The molecule has 1 N–H and O–H groups in total. The van der Waals surface area contributed by atoms with Crippen molar-refractivity contribution in [3.05, 3.63) is 24.2 Å². The molecule has 1 amide bonds. The Bertz CT molecular complexity index is 296. The number of rotatable bonds is 2. The Morgan fingerprint density at radius 3 is 2.57 bits per heavy atom. The summed E-state index contributed by atoms with van der Waals surface area (Å²) in [5.41, 5.74) is -0.360. The summed E-state index contributed by atoms with van der Waals surface area (Å²) < 4.78 is 5.19.